The lowest BCUT2D eigenvalue weighted by atomic mass is 10.2. The van der Waals surface area contributed by atoms with Crippen molar-refractivity contribution < 1.29 is 21.6 Å². The van der Waals surface area contributed by atoms with E-state index in [1.54, 1.807) is 12.1 Å². The number of halogens is 3. The zero-order valence-corrected chi connectivity index (χ0v) is 13.0. The summed E-state index contributed by atoms with van der Waals surface area (Å²) in [7, 11) is -3.83. The third-order valence-corrected chi connectivity index (χ3v) is 4.97. The highest BCUT2D eigenvalue weighted by atomic mass is 32.2. The van der Waals surface area contributed by atoms with Crippen molar-refractivity contribution in [3.63, 3.8) is 0 Å². The Kier molecular flexibility index (Phi) is 4.72. The van der Waals surface area contributed by atoms with E-state index in [4.69, 9.17) is 0 Å². The van der Waals surface area contributed by atoms with Crippen molar-refractivity contribution in [2.75, 3.05) is 11.0 Å². The first-order valence-corrected chi connectivity index (χ1v) is 8.77. The predicted molar refractivity (Wildman–Crippen MR) is 80.5 cm³/mol. The van der Waals surface area contributed by atoms with Crippen LogP contribution in [0.5, 0.6) is 0 Å². The Bertz CT molecular complexity index is 739. The molecule has 8 heteroatoms. The van der Waals surface area contributed by atoms with E-state index in [9.17, 15) is 21.6 Å². The number of rotatable bonds is 4. The maximum absolute atomic E-state index is 12.5. The molecule has 118 valence electrons. The average molecular weight is 347 g/mol. The standard InChI is InChI=1S/C14H12F3NO2S2/c1-21-12-6-8-13(9-7-12)22(19,20)18-11-4-2-10(3-5-11)14(15,16)17/h2-9,18H,1H3. The van der Waals surface area contributed by atoms with Gasteiger partial charge in [-0.1, -0.05) is 0 Å². The number of sulfonamides is 1. The third kappa shape index (κ3) is 3.95. The first kappa shape index (κ1) is 16.7. The first-order chi connectivity index (χ1) is 10.2. The van der Waals surface area contributed by atoms with Gasteiger partial charge in [0.25, 0.3) is 10.0 Å². The molecule has 3 nitrogen and oxygen atoms in total. The Morgan fingerprint density at radius 1 is 0.955 bits per heavy atom. The number of benzene rings is 2. The smallest absolute Gasteiger partial charge is 0.280 e. The second-order valence-electron chi connectivity index (χ2n) is 4.36. The molecule has 0 spiro atoms. The molecular weight excluding hydrogens is 335 g/mol. The second kappa shape index (κ2) is 6.21. The fraction of sp³-hybridized carbons (Fsp3) is 0.143. The van der Waals surface area contributed by atoms with Gasteiger partial charge in [-0.3, -0.25) is 4.72 Å². The van der Waals surface area contributed by atoms with Crippen LogP contribution in [0.1, 0.15) is 5.56 Å². The molecule has 22 heavy (non-hydrogen) atoms. The summed E-state index contributed by atoms with van der Waals surface area (Å²) < 4.78 is 63.9. The Morgan fingerprint density at radius 3 is 1.95 bits per heavy atom. The second-order valence-corrected chi connectivity index (χ2v) is 6.92. The highest BCUT2D eigenvalue weighted by molar-refractivity contribution is 7.98. The van der Waals surface area contributed by atoms with Crippen molar-refractivity contribution in [3.8, 4) is 0 Å². The average Bonchev–Trinajstić information content (AvgIpc) is 2.46. The Hall–Kier alpha value is -1.67. The number of hydrogen-bond donors (Lipinski definition) is 1. The van der Waals surface area contributed by atoms with Gasteiger partial charge in [0.2, 0.25) is 0 Å². The maximum Gasteiger partial charge on any atom is 0.416 e. The molecule has 0 aromatic heterocycles. The van der Waals surface area contributed by atoms with Crippen LogP contribution >= 0.6 is 11.8 Å². The largest absolute Gasteiger partial charge is 0.416 e. The van der Waals surface area contributed by atoms with Gasteiger partial charge in [0, 0.05) is 10.6 Å². The molecule has 2 aromatic carbocycles. The lowest BCUT2D eigenvalue weighted by Crippen LogP contribution is -2.13. The van der Waals surface area contributed by atoms with Crippen LogP contribution in [0.4, 0.5) is 18.9 Å². The van der Waals surface area contributed by atoms with Gasteiger partial charge in [0.1, 0.15) is 0 Å². The Morgan fingerprint density at radius 2 is 1.50 bits per heavy atom. The summed E-state index contributed by atoms with van der Waals surface area (Å²) in [4.78, 5) is 0.957. The van der Waals surface area contributed by atoms with Gasteiger partial charge in [-0.25, -0.2) is 8.42 Å². The normalized spacial score (nSPS) is 12.2. The SMILES string of the molecule is CSc1ccc(S(=O)(=O)Nc2ccc(C(F)(F)F)cc2)cc1. The van der Waals surface area contributed by atoms with Gasteiger partial charge in [-0.2, -0.15) is 13.2 Å². The van der Waals surface area contributed by atoms with Crippen LogP contribution in [0.15, 0.2) is 58.3 Å². The molecule has 0 radical (unpaired) electrons. The van der Waals surface area contributed by atoms with Crippen LogP contribution in [0.2, 0.25) is 0 Å². The van der Waals surface area contributed by atoms with E-state index in [0.29, 0.717) is 0 Å². The van der Waals surface area contributed by atoms with Crippen LogP contribution in [0.25, 0.3) is 0 Å². The summed E-state index contributed by atoms with van der Waals surface area (Å²) in [5.74, 6) is 0. The molecule has 0 heterocycles. The summed E-state index contributed by atoms with van der Waals surface area (Å²) in [6.45, 7) is 0. The van der Waals surface area contributed by atoms with E-state index in [1.807, 2.05) is 6.26 Å². The highest BCUT2D eigenvalue weighted by Gasteiger charge is 2.30. The van der Waals surface area contributed by atoms with Crippen molar-refractivity contribution in [1.82, 2.24) is 0 Å². The first-order valence-electron chi connectivity index (χ1n) is 6.06. The lowest BCUT2D eigenvalue weighted by Gasteiger charge is -2.10. The molecule has 2 aromatic rings. The molecule has 0 amide bonds. The fourth-order valence-electron chi connectivity index (χ4n) is 1.70. The molecular formula is C14H12F3NO2S2. The topological polar surface area (TPSA) is 46.2 Å². The van der Waals surface area contributed by atoms with Gasteiger partial charge < -0.3 is 0 Å². The van der Waals surface area contributed by atoms with Gasteiger partial charge in [0.15, 0.2) is 0 Å². The Labute approximate surface area is 130 Å². The molecule has 0 fully saturated rings. The van der Waals surface area contributed by atoms with Gasteiger partial charge in [-0.05, 0) is 54.8 Å². The van der Waals surface area contributed by atoms with Gasteiger partial charge >= 0.3 is 6.18 Å². The molecule has 1 N–H and O–H groups in total. The minimum absolute atomic E-state index is 0.0465. The van der Waals surface area contributed by atoms with E-state index < -0.39 is 21.8 Å². The number of alkyl halides is 3. The molecule has 0 aliphatic rings. The van der Waals surface area contributed by atoms with Crippen molar-refractivity contribution in [3.05, 3.63) is 54.1 Å². The van der Waals surface area contributed by atoms with Crippen LogP contribution in [-0.2, 0) is 16.2 Å². The summed E-state index contributed by atoms with van der Waals surface area (Å²) >= 11 is 1.47. The van der Waals surface area contributed by atoms with Crippen LogP contribution in [0, 0.1) is 0 Å². The van der Waals surface area contributed by atoms with E-state index in [1.165, 1.54) is 23.9 Å². The molecule has 2 rings (SSSR count). The van der Waals surface area contributed by atoms with Crippen LogP contribution < -0.4 is 4.72 Å². The highest BCUT2D eigenvalue weighted by Crippen LogP contribution is 2.30. The molecule has 0 aliphatic carbocycles. The molecule has 0 unspecified atom stereocenters. The van der Waals surface area contributed by atoms with E-state index in [-0.39, 0.29) is 10.6 Å². The number of nitrogens with one attached hydrogen (secondary N) is 1. The summed E-state index contributed by atoms with van der Waals surface area (Å²) in [5, 5.41) is 0. The number of hydrogen-bond acceptors (Lipinski definition) is 3. The minimum atomic E-state index is -4.45. The van der Waals surface area contributed by atoms with Crippen LogP contribution in [-0.4, -0.2) is 14.7 Å². The summed E-state index contributed by atoms with van der Waals surface area (Å²) in [6, 6.07) is 10.0. The van der Waals surface area contributed by atoms with E-state index in [0.717, 1.165) is 29.2 Å². The summed E-state index contributed by atoms with van der Waals surface area (Å²) in [6.07, 6.45) is -2.59. The van der Waals surface area contributed by atoms with Crippen molar-refractivity contribution in [2.45, 2.75) is 16.0 Å². The summed E-state index contributed by atoms with van der Waals surface area (Å²) in [5.41, 5.74) is -0.762. The maximum atomic E-state index is 12.5. The molecule has 0 atom stereocenters. The third-order valence-electron chi connectivity index (χ3n) is 2.83. The van der Waals surface area contributed by atoms with Gasteiger partial charge in [-0.15, -0.1) is 11.8 Å². The van der Waals surface area contributed by atoms with Crippen molar-refractivity contribution in [2.24, 2.45) is 0 Å². The van der Waals surface area contributed by atoms with E-state index >= 15 is 0 Å². The van der Waals surface area contributed by atoms with Crippen molar-refractivity contribution in [1.29, 1.82) is 0 Å². The zero-order valence-electron chi connectivity index (χ0n) is 11.4. The molecule has 0 saturated heterocycles. The molecule has 0 bridgehead atoms. The Balaban J connectivity index is 2.21. The monoisotopic (exact) mass is 347 g/mol. The quantitative estimate of drug-likeness (QED) is 0.842. The van der Waals surface area contributed by atoms with Crippen molar-refractivity contribution >= 4 is 27.5 Å². The van der Waals surface area contributed by atoms with Gasteiger partial charge in [0.05, 0.1) is 10.5 Å². The van der Waals surface area contributed by atoms with E-state index in [2.05, 4.69) is 4.72 Å². The molecule has 0 saturated carbocycles. The van der Waals surface area contributed by atoms with Crippen LogP contribution in [0.3, 0.4) is 0 Å². The predicted octanol–water partition coefficient (Wildman–Crippen LogP) is 4.23. The number of anilines is 1. The lowest BCUT2D eigenvalue weighted by molar-refractivity contribution is -0.137. The minimum Gasteiger partial charge on any atom is -0.280 e. The molecule has 0 aliphatic heterocycles. The fourth-order valence-corrected chi connectivity index (χ4v) is 3.16. The number of thioether (sulfide) groups is 1. The zero-order chi connectivity index (χ0) is 16.4.